The van der Waals surface area contributed by atoms with E-state index in [4.69, 9.17) is 5.73 Å². The predicted molar refractivity (Wildman–Crippen MR) is 317 cm³/mol. The number of aromatic nitrogens is 1. The Bertz CT molecular complexity index is 3520. The molecule has 0 saturated carbocycles. The van der Waals surface area contributed by atoms with Gasteiger partial charge in [-0.15, -0.1) is 0 Å². The van der Waals surface area contributed by atoms with E-state index in [0.717, 1.165) is 34.1 Å². The maximum Gasteiger partial charge on any atom is 0.284 e. The first-order valence-electron chi connectivity index (χ1n) is 28.8. The van der Waals surface area contributed by atoms with Gasteiger partial charge in [-0.1, -0.05) is 33.6 Å². The molecule has 3 aromatic rings. The largest absolute Gasteiger partial charge is 0.508 e. The molecule has 91 heavy (non-hydrogen) atoms. The van der Waals surface area contributed by atoms with E-state index in [-0.39, 0.29) is 45.9 Å². The van der Waals surface area contributed by atoms with Crippen molar-refractivity contribution < 1.29 is 86.8 Å². The van der Waals surface area contributed by atoms with Crippen LogP contribution in [0.5, 0.6) is 5.75 Å². The van der Waals surface area contributed by atoms with Crippen molar-refractivity contribution in [2.24, 2.45) is 22.7 Å². The summed E-state index contributed by atoms with van der Waals surface area (Å²) in [5.74, 6) is -16.2. The van der Waals surface area contributed by atoms with Crippen LogP contribution in [0.3, 0.4) is 0 Å². The van der Waals surface area contributed by atoms with E-state index in [1.54, 1.807) is 13.8 Å². The number of aromatic amines is 1. The lowest BCUT2D eigenvalue weighted by molar-refractivity contribution is -0.385. The highest BCUT2D eigenvalue weighted by molar-refractivity contribution is 7.85. The summed E-state index contributed by atoms with van der Waals surface area (Å²) in [5, 5.41) is 68.1. The highest BCUT2D eigenvalue weighted by Crippen LogP contribution is 2.31. The zero-order valence-electron chi connectivity index (χ0n) is 49.4. The van der Waals surface area contributed by atoms with Crippen LogP contribution in [0, 0.1) is 22.0 Å². The van der Waals surface area contributed by atoms with Crippen LogP contribution in [-0.4, -0.2) is 203 Å². The first-order valence-corrected chi connectivity index (χ1v) is 30.1. The monoisotopic (exact) mass is 1290 g/mol. The van der Waals surface area contributed by atoms with E-state index >= 15 is 4.79 Å². The van der Waals surface area contributed by atoms with Gasteiger partial charge in [0.15, 0.2) is 0 Å². The molecule has 13 amide bonds. The molecule has 1 saturated heterocycles. The molecule has 34 nitrogen and oxygen atoms in total. The molecule has 10 atom stereocenters. The van der Waals surface area contributed by atoms with Crippen molar-refractivity contribution in [1.82, 2.24) is 57.4 Å². The van der Waals surface area contributed by atoms with Crippen molar-refractivity contribution in [2.75, 3.05) is 43.9 Å². The van der Waals surface area contributed by atoms with E-state index in [1.807, 2.05) is 0 Å². The first-order chi connectivity index (χ1) is 43.2. The second kappa shape index (κ2) is 30.5. The summed E-state index contributed by atoms with van der Waals surface area (Å²) in [5.41, 5.74) is 5.65. The Morgan fingerprint density at radius 3 is 2.20 bits per heavy atom. The quantitative estimate of drug-likeness (QED) is 0.0201. The Morgan fingerprint density at radius 1 is 0.835 bits per heavy atom. The number of nitro groups is 1. The number of aliphatic hydroxyl groups excluding tert-OH is 2. The third-order valence-electron chi connectivity index (χ3n) is 15.6. The number of primary amides is 1. The normalized spacial score (nSPS) is 23.9. The zero-order chi connectivity index (χ0) is 66.5. The lowest BCUT2D eigenvalue weighted by Gasteiger charge is -2.32. The van der Waals surface area contributed by atoms with Crippen molar-refractivity contribution >= 4 is 116 Å². The molecular weight excluding hydrogens is 1220 g/mol. The molecule has 2 aromatic carbocycles. The number of carbonyl (C=O) groups excluding carboxylic acids is 13. The number of unbranched alkanes of at least 4 members (excludes halogenated alkanes) is 2. The van der Waals surface area contributed by atoms with E-state index in [1.165, 1.54) is 31.2 Å². The number of H-pyrrole nitrogens is 1. The summed E-state index contributed by atoms with van der Waals surface area (Å²) in [4.78, 5) is 194. The third kappa shape index (κ3) is 17.2. The van der Waals surface area contributed by atoms with Gasteiger partial charge < -0.3 is 73.5 Å². The van der Waals surface area contributed by atoms with Gasteiger partial charge in [0.25, 0.3) is 23.4 Å². The number of hydrogen-bond acceptors (Lipinski definition) is 20. The van der Waals surface area contributed by atoms with Crippen LogP contribution >= 0.6 is 0 Å². The van der Waals surface area contributed by atoms with Gasteiger partial charge in [0.2, 0.25) is 59.1 Å². The number of phenolic OH excluding ortho intramolecular Hbond substituents is 1. The number of hydrogen-bond donors (Lipinski definition) is 14. The van der Waals surface area contributed by atoms with Crippen molar-refractivity contribution in [3.05, 3.63) is 69.8 Å². The van der Waals surface area contributed by atoms with Gasteiger partial charge in [-0.2, -0.15) is 5.10 Å². The molecule has 0 radical (unpaired) electrons. The van der Waals surface area contributed by atoms with E-state index in [9.17, 15) is 87.2 Å². The van der Waals surface area contributed by atoms with E-state index < -0.39 is 215 Å². The number of amides is 13. The van der Waals surface area contributed by atoms with Gasteiger partial charge in [-0.3, -0.25) is 81.6 Å². The van der Waals surface area contributed by atoms with Crippen LogP contribution in [-0.2, 0) is 74.8 Å². The lowest BCUT2D eigenvalue weighted by atomic mass is 9.94. The number of aliphatic hydroxyl groups is 2. The average Bonchev–Trinajstić information content (AvgIpc) is 1.71. The van der Waals surface area contributed by atoms with E-state index in [2.05, 4.69) is 58.0 Å². The fourth-order valence-corrected chi connectivity index (χ4v) is 11.9. The Kier molecular flexibility index (Phi) is 22.9. The Hall–Kier alpha value is -10.0. The van der Waals surface area contributed by atoms with Crippen molar-refractivity contribution in [3.63, 3.8) is 0 Å². The Morgan fingerprint density at radius 2 is 1.53 bits per heavy atom. The van der Waals surface area contributed by atoms with Gasteiger partial charge in [-0.05, 0) is 48.6 Å². The Balaban J connectivity index is 1.26. The van der Waals surface area contributed by atoms with Crippen LogP contribution in [0.2, 0.25) is 0 Å². The number of aromatic hydroxyl groups is 1. The lowest BCUT2D eigenvalue weighted by Crippen LogP contribution is -2.62. The standard InChI is InChI=1S/C56H69N15O19S/c1-4-26(2)47-53(85)59-21-43(77)61-38-25-91(90)55-33(31-12-10-29(73)17-34(31)64-55)19-35(50(82)58-22-44(78)65-47)62-54(86)48(66-52(84)40-18-30(74)23-70(40)56(87)36(20-41(57)75)63-51(38)83)27(3)37(24-72)67-68-49(81)32-11-9-28(16-39(32)71(88)89)60-42(76)8-6-5-7-15-69-45(79)13-14-46(69)80/h9-14,16-17,26-27,30,35-36,38,40,47-48,64,72-74H,4-8,15,18-25H2,1-3H3,(H2,57,75)(H,58,82)(H,59,85)(H,60,76)(H,61,77)(H,62,86)(H,63,83)(H,65,78)(H,66,84)(H,68,81)/b67-37+/t26-,27-,30-,35+,36+,38-,40+,47+,48+,91?/m1/s1. The number of fused-ring (bicyclic) bond motifs is 5. The minimum Gasteiger partial charge on any atom is -0.508 e. The minimum absolute atomic E-state index is 0.0243. The summed E-state index contributed by atoms with van der Waals surface area (Å²) in [6, 6.07) is -4.04. The molecule has 0 spiro atoms. The smallest absolute Gasteiger partial charge is 0.284 e. The molecule has 4 aliphatic heterocycles. The molecule has 1 aromatic heterocycles. The first kappa shape index (κ1) is 68.5. The molecule has 1 fully saturated rings. The second-order valence-corrected chi connectivity index (χ2v) is 23.5. The highest BCUT2D eigenvalue weighted by Gasteiger charge is 2.45. The van der Waals surface area contributed by atoms with Crippen molar-refractivity contribution in [1.29, 1.82) is 0 Å². The SMILES string of the molecule is CC[C@@H](C)[C@@H]1NC(=O)CNC(=O)[C@@H]2Cc3c([nH]c4cc(O)ccc34)S(=O)C[C@@H](NC(=O)CNC1=O)C(=O)N[C@@H](CC(N)=O)C(=O)N1C[C@H](O)C[C@H]1C(=O)N[C@@H]([C@H](C)/C(CO)=N/NC(=O)c1ccc(NC(=O)CCCCCN3C(=O)C=CC3=O)cc1[N+](=O)[O-])C(=O)N2. The molecule has 1 unspecified atom stereocenters. The van der Waals surface area contributed by atoms with Gasteiger partial charge in [-0.25, -0.2) is 5.43 Å². The number of nitrogens with zero attached hydrogens (tertiary/aromatic N) is 4. The molecule has 2 bridgehead atoms. The Labute approximate surface area is 519 Å². The number of benzene rings is 2. The second-order valence-electron chi connectivity index (χ2n) is 22.0. The topological polar surface area (TPSA) is 512 Å². The van der Waals surface area contributed by atoms with Crippen LogP contribution < -0.4 is 53.7 Å². The summed E-state index contributed by atoms with van der Waals surface area (Å²) in [6.07, 6.45) is 0.0646. The maximum absolute atomic E-state index is 15.2. The number of nitro benzene ring substituents is 1. The number of imide groups is 1. The fraction of sp³-hybridized carbons (Fsp3) is 0.464. The number of anilines is 1. The third-order valence-corrected chi connectivity index (χ3v) is 17.0. The highest BCUT2D eigenvalue weighted by atomic mass is 32.2. The average molecular weight is 1290 g/mol. The summed E-state index contributed by atoms with van der Waals surface area (Å²) in [6.45, 7) is 1.20. The fourth-order valence-electron chi connectivity index (χ4n) is 10.5. The number of phenols is 1. The number of rotatable bonds is 17. The molecule has 488 valence electrons. The predicted octanol–water partition coefficient (Wildman–Crippen LogP) is -4.16. The van der Waals surface area contributed by atoms with Crippen LogP contribution in [0.4, 0.5) is 11.4 Å². The van der Waals surface area contributed by atoms with E-state index in [0.29, 0.717) is 25.7 Å². The van der Waals surface area contributed by atoms with Gasteiger partial charge in [0.05, 0.1) is 64.9 Å². The van der Waals surface area contributed by atoms with Gasteiger partial charge in [0.1, 0.15) is 52.6 Å². The maximum atomic E-state index is 15.2. The molecule has 7 rings (SSSR count). The molecule has 0 aliphatic carbocycles. The number of nitrogens with two attached hydrogens (primary N) is 1. The number of carbonyl (C=O) groups is 13. The summed E-state index contributed by atoms with van der Waals surface area (Å²) < 4.78 is 14.9. The number of nitrogens with one attached hydrogen (secondary N) is 10. The minimum atomic E-state index is -2.50. The van der Waals surface area contributed by atoms with Crippen LogP contribution in [0.25, 0.3) is 10.9 Å². The van der Waals surface area contributed by atoms with Crippen LogP contribution in [0.15, 0.2) is 58.7 Å². The zero-order valence-corrected chi connectivity index (χ0v) is 50.2. The molecule has 4 aliphatic rings. The van der Waals surface area contributed by atoms with Gasteiger partial charge in [0, 0.05) is 73.6 Å². The summed E-state index contributed by atoms with van der Waals surface area (Å²) >= 11 is 0. The molecular formula is C56H69N15O19S. The molecule has 5 heterocycles. The van der Waals surface area contributed by atoms with Crippen molar-refractivity contribution in [3.8, 4) is 5.75 Å². The number of hydrazone groups is 1. The summed E-state index contributed by atoms with van der Waals surface area (Å²) in [7, 11) is -2.50. The molecule has 15 N–H and O–H groups in total. The van der Waals surface area contributed by atoms with Crippen molar-refractivity contribution in [2.45, 2.75) is 120 Å². The molecule has 35 heteroatoms. The van der Waals surface area contributed by atoms with Crippen LogP contribution in [0.1, 0.15) is 81.6 Å². The van der Waals surface area contributed by atoms with Gasteiger partial charge >= 0.3 is 0 Å².